The Morgan fingerprint density at radius 2 is 2.05 bits per heavy atom. The molecule has 5 heteroatoms. The van der Waals surface area contributed by atoms with Crippen LogP contribution in [0, 0.1) is 0 Å². The van der Waals surface area contributed by atoms with E-state index in [-0.39, 0.29) is 11.9 Å². The SMILES string of the molecule is CCS[C@@H]1CC[C@H](NC(=O)[C@@H]2CCCN2C2CCOCC2)C1. The quantitative estimate of drug-likeness (QED) is 0.842. The Labute approximate surface area is 138 Å². The second-order valence-electron chi connectivity index (χ2n) is 6.84. The molecule has 0 unspecified atom stereocenters. The fourth-order valence-electron chi connectivity index (χ4n) is 4.28. The van der Waals surface area contributed by atoms with Crippen LogP contribution in [0.5, 0.6) is 0 Å². The van der Waals surface area contributed by atoms with Gasteiger partial charge in [-0.2, -0.15) is 11.8 Å². The van der Waals surface area contributed by atoms with Gasteiger partial charge in [0.15, 0.2) is 0 Å². The number of likely N-dealkylation sites (tertiary alicyclic amines) is 1. The van der Waals surface area contributed by atoms with Crippen LogP contribution in [-0.4, -0.2) is 59.7 Å². The summed E-state index contributed by atoms with van der Waals surface area (Å²) in [6, 6.07) is 1.08. The number of nitrogens with one attached hydrogen (secondary N) is 1. The average molecular weight is 327 g/mol. The minimum absolute atomic E-state index is 0.112. The van der Waals surface area contributed by atoms with Crippen LogP contribution in [0.2, 0.25) is 0 Å². The highest BCUT2D eigenvalue weighted by atomic mass is 32.2. The van der Waals surface area contributed by atoms with Gasteiger partial charge in [0.05, 0.1) is 6.04 Å². The van der Waals surface area contributed by atoms with Crippen molar-refractivity contribution in [1.29, 1.82) is 0 Å². The first-order valence-electron chi connectivity index (χ1n) is 9.03. The molecule has 1 N–H and O–H groups in total. The highest BCUT2D eigenvalue weighted by molar-refractivity contribution is 7.99. The molecule has 3 fully saturated rings. The van der Waals surface area contributed by atoms with Crippen molar-refractivity contribution in [3.63, 3.8) is 0 Å². The Balaban J connectivity index is 1.50. The fraction of sp³-hybridized carbons (Fsp3) is 0.941. The Hall–Kier alpha value is -0.260. The largest absolute Gasteiger partial charge is 0.381 e. The van der Waals surface area contributed by atoms with Gasteiger partial charge in [0, 0.05) is 30.5 Å². The first-order valence-corrected chi connectivity index (χ1v) is 10.1. The van der Waals surface area contributed by atoms with Gasteiger partial charge < -0.3 is 10.1 Å². The summed E-state index contributed by atoms with van der Waals surface area (Å²) in [5, 5.41) is 4.11. The highest BCUT2D eigenvalue weighted by Crippen LogP contribution is 2.30. The predicted octanol–water partition coefficient (Wildman–Crippen LogP) is 2.42. The molecule has 3 rings (SSSR count). The lowest BCUT2D eigenvalue weighted by atomic mass is 10.1. The molecule has 0 aromatic carbocycles. The Kier molecular flexibility index (Phi) is 6.05. The maximum Gasteiger partial charge on any atom is 0.237 e. The van der Waals surface area contributed by atoms with Crippen LogP contribution in [0.25, 0.3) is 0 Å². The van der Waals surface area contributed by atoms with Gasteiger partial charge >= 0.3 is 0 Å². The van der Waals surface area contributed by atoms with Crippen LogP contribution in [0.4, 0.5) is 0 Å². The summed E-state index contributed by atoms with van der Waals surface area (Å²) in [6.07, 6.45) is 7.95. The molecule has 0 radical (unpaired) electrons. The molecule has 2 aliphatic heterocycles. The summed E-state index contributed by atoms with van der Waals surface area (Å²) in [5.41, 5.74) is 0. The number of hydrogen-bond acceptors (Lipinski definition) is 4. The van der Waals surface area contributed by atoms with Gasteiger partial charge in [-0.1, -0.05) is 6.92 Å². The number of ether oxygens (including phenoxy) is 1. The first kappa shape index (κ1) is 16.6. The van der Waals surface area contributed by atoms with E-state index in [1.165, 1.54) is 12.2 Å². The maximum absolute atomic E-state index is 12.7. The summed E-state index contributed by atoms with van der Waals surface area (Å²) in [6.45, 7) is 5.02. The van der Waals surface area contributed by atoms with Crippen LogP contribution >= 0.6 is 11.8 Å². The standard InChI is InChI=1S/C17H30N2O2S/c1-2-22-15-6-5-13(12-15)18-17(20)16-4-3-9-19(16)14-7-10-21-11-8-14/h13-16H,2-12H2,1H3,(H,18,20)/t13-,15+,16-/m0/s1. The van der Waals surface area contributed by atoms with Gasteiger partial charge in [-0.3, -0.25) is 9.69 Å². The molecule has 0 aromatic heterocycles. The van der Waals surface area contributed by atoms with Crippen LogP contribution in [-0.2, 0) is 9.53 Å². The molecule has 3 aliphatic rings. The van der Waals surface area contributed by atoms with Crippen molar-refractivity contribution in [2.75, 3.05) is 25.5 Å². The summed E-state index contributed by atoms with van der Waals surface area (Å²) in [4.78, 5) is 15.2. The number of carbonyl (C=O) groups is 1. The molecule has 0 spiro atoms. The van der Waals surface area contributed by atoms with Crippen LogP contribution < -0.4 is 5.32 Å². The van der Waals surface area contributed by atoms with Gasteiger partial charge in [-0.05, 0) is 57.2 Å². The lowest BCUT2D eigenvalue weighted by molar-refractivity contribution is -0.127. The molecule has 126 valence electrons. The zero-order chi connectivity index (χ0) is 15.4. The first-order chi connectivity index (χ1) is 10.8. The molecule has 3 atom stereocenters. The van der Waals surface area contributed by atoms with Crippen LogP contribution in [0.3, 0.4) is 0 Å². The number of nitrogens with zero attached hydrogens (tertiary/aromatic N) is 1. The normalized spacial score (nSPS) is 34.1. The maximum atomic E-state index is 12.7. The zero-order valence-electron chi connectivity index (χ0n) is 13.8. The van der Waals surface area contributed by atoms with Gasteiger partial charge in [-0.25, -0.2) is 0 Å². The molecule has 1 amide bonds. The number of hydrogen-bond donors (Lipinski definition) is 1. The lowest BCUT2D eigenvalue weighted by Crippen LogP contribution is -2.51. The van der Waals surface area contributed by atoms with E-state index < -0.39 is 0 Å². The summed E-state index contributed by atoms with van der Waals surface area (Å²) < 4.78 is 5.47. The average Bonchev–Trinajstić information content (AvgIpc) is 3.18. The van der Waals surface area contributed by atoms with Gasteiger partial charge in [0.2, 0.25) is 5.91 Å². The van der Waals surface area contributed by atoms with Crippen molar-refractivity contribution >= 4 is 17.7 Å². The second-order valence-corrected chi connectivity index (χ2v) is 8.41. The molecule has 1 aliphatic carbocycles. The minimum Gasteiger partial charge on any atom is -0.381 e. The van der Waals surface area contributed by atoms with Gasteiger partial charge in [-0.15, -0.1) is 0 Å². The van der Waals surface area contributed by atoms with E-state index >= 15 is 0 Å². The monoisotopic (exact) mass is 326 g/mol. The Morgan fingerprint density at radius 3 is 2.82 bits per heavy atom. The summed E-state index contributed by atoms with van der Waals surface area (Å²) >= 11 is 2.05. The number of rotatable bonds is 5. The molecule has 4 nitrogen and oxygen atoms in total. The second kappa shape index (κ2) is 8.02. The van der Waals surface area contributed by atoms with E-state index in [2.05, 4.69) is 17.1 Å². The van der Waals surface area contributed by atoms with Crippen molar-refractivity contribution in [2.45, 2.75) is 75.2 Å². The highest BCUT2D eigenvalue weighted by Gasteiger charge is 2.37. The molecule has 1 saturated carbocycles. The third kappa shape index (κ3) is 3.98. The third-order valence-electron chi connectivity index (χ3n) is 5.39. The summed E-state index contributed by atoms with van der Waals surface area (Å²) in [7, 11) is 0. The topological polar surface area (TPSA) is 41.6 Å². The Bertz CT molecular complexity index is 374. The molecule has 0 bridgehead atoms. The molecule has 22 heavy (non-hydrogen) atoms. The molecular weight excluding hydrogens is 296 g/mol. The predicted molar refractivity (Wildman–Crippen MR) is 91.3 cm³/mol. The van der Waals surface area contributed by atoms with Crippen molar-refractivity contribution < 1.29 is 9.53 Å². The van der Waals surface area contributed by atoms with E-state index in [9.17, 15) is 4.79 Å². The van der Waals surface area contributed by atoms with Crippen LogP contribution in [0.15, 0.2) is 0 Å². The van der Waals surface area contributed by atoms with E-state index in [4.69, 9.17) is 4.74 Å². The van der Waals surface area contributed by atoms with E-state index in [0.29, 0.717) is 12.1 Å². The summed E-state index contributed by atoms with van der Waals surface area (Å²) in [5.74, 6) is 1.47. The molecule has 2 saturated heterocycles. The van der Waals surface area contributed by atoms with Crippen molar-refractivity contribution in [2.24, 2.45) is 0 Å². The van der Waals surface area contributed by atoms with Crippen molar-refractivity contribution in [1.82, 2.24) is 10.2 Å². The molecule has 0 aromatic rings. The van der Waals surface area contributed by atoms with E-state index in [1.54, 1.807) is 0 Å². The zero-order valence-corrected chi connectivity index (χ0v) is 14.6. The van der Waals surface area contributed by atoms with Gasteiger partial charge in [0.1, 0.15) is 0 Å². The van der Waals surface area contributed by atoms with Crippen LogP contribution in [0.1, 0.15) is 51.9 Å². The van der Waals surface area contributed by atoms with Gasteiger partial charge in [0.25, 0.3) is 0 Å². The van der Waals surface area contributed by atoms with Crippen molar-refractivity contribution in [3.8, 4) is 0 Å². The van der Waals surface area contributed by atoms with E-state index in [1.807, 2.05) is 11.8 Å². The minimum atomic E-state index is 0.112. The smallest absolute Gasteiger partial charge is 0.237 e. The number of carbonyl (C=O) groups excluding carboxylic acids is 1. The number of amides is 1. The Morgan fingerprint density at radius 1 is 1.23 bits per heavy atom. The number of thioether (sulfide) groups is 1. The molecular formula is C17H30N2O2S. The van der Waals surface area contributed by atoms with Crippen molar-refractivity contribution in [3.05, 3.63) is 0 Å². The lowest BCUT2D eigenvalue weighted by Gasteiger charge is -2.35. The fourth-order valence-corrected chi connectivity index (χ4v) is 5.42. The van der Waals surface area contributed by atoms with E-state index in [0.717, 1.165) is 63.5 Å². The molecule has 2 heterocycles. The third-order valence-corrected chi connectivity index (χ3v) is 6.62.